The van der Waals surface area contributed by atoms with Gasteiger partial charge in [-0.05, 0) is 88.4 Å². The number of anilines is 1. The smallest absolute Gasteiger partial charge is 0.266 e. The summed E-state index contributed by atoms with van der Waals surface area (Å²) in [5.74, 6) is 0.615. The Morgan fingerprint density at radius 1 is 1.00 bits per heavy atom. The van der Waals surface area contributed by atoms with Crippen LogP contribution in [0.5, 0.6) is 11.5 Å². The number of carbonyl (C=O) groups is 1. The number of ether oxygens (including phenoxy) is 2. The van der Waals surface area contributed by atoms with E-state index in [4.69, 9.17) is 9.47 Å². The Kier molecular flexibility index (Phi) is 8.27. The van der Waals surface area contributed by atoms with Crippen molar-refractivity contribution in [3.05, 3.63) is 105 Å². The molecule has 4 aromatic carbocycles. The van der Waals surface area contributed by atoms with E-state index in [9.17, 15) is 10.1 Å². The minimum absolute atomic E-state index is 0.0161. The van der Waals surface area contributed by atoms with Crippen molar-refractivity contribution in [1.82, 2.24) is 0 Å². The van der Waals surface area contributed by atoms with Crippen LogP contribution < -0.4 is 14.8 Å². The molecule has 0 fully saturated rings. The van der Waals surface area contributed by atoms with Crippen molar-refractivity contribution in [2.24, 2.45) is 0 Å². The summed E-state index contributed by atoms with van der Waals surface area (Å²) < 4.78 is 12.8. The second-order valence-electron chi connectivity index (χ2n) is 8.57. The zero-order valence-electron chi connectivity index (χ0n) is 21.0. The topological polar surface area (TPSA) is 71.3 Å². The van der Waals surface area contributed by atoms with Crippen LogP contribution in [-0.4, -0.2) is 12.5 Å². The third-order valence-electron chi connectivity index (χ3n) is 6.04. The number of benzene rings is 4. The van der Waals surface area contributed by atoms with Gasteiger partial charge in [-0.25, -0.2) is 0 Å². The Morgan fingerprint density at radius 3 is 2.51 bits per heavy atom. The SMILES string of the molecule is CCOc1cc(/C=C(\C#N)C(=O)Nc2ccccc2C)cc(Br)c1OCc1c(C)ccc2ccccc12. The molecule has 0 saturated heterocycles. The van der Waals surface area contributed by atoms with Crippen LogP contribution in [0.2, 0.25) is 0 Å². The molecule has 37 heavy (non-hydrogen) atoms. The molecule has 1 N–H and O–H groups in total. The molecule has 0 bridgehead atoms. The van der Waals surface area contributed by atoms with Gasteiger partial charge in [0.05, 0.1) is 11.1 Å². The summed E-state index contributed by atoms with van der Waals surface area (Å²) >= 11 is 3.60. The molecular formula is C31H27BrN2O3. The fraction of sp³-hybridized carbons (Fsp3) is 0.161. The summed E-state index contributed by atoms with van der Waals surface area (Å²) in [6.07, 6.45) is 1.54. The molecule has 186 valence electrons. The number of hydrogen-bond donors (Lipinski definition) is 1. The van der Waals surface area contributed by atoms with Gasteiger partial charge in [-0.3, -0.25) is 4.79 Å². The molecule has 1 amide bonds. The number of halogens is 1. The van der Waals surface area contributed by atoms with E-state index >= 15 is 0 Å². The Hall–Kier alpha value is -4.08. The third kappa shape index (κ3) is 6.02. The van der Waals surface area contributed by atoms with E-state index in [2.05, 4.69) is 52.4 Å². The average molecular weight is 555 g/mol. The second kappa shape index (κ2) is 11.8. The molecular weight excluding hydrogens is 528 g/mol. The fourth-order valence-corrected chi connectivity index (χ4v) is 4.65. The number of aryl methyl sites for hydroxylation is 2. The zero-order valence-corrected chi connectivity index (χ0v) is 22.6. The number of carbonyl (C=O) groups excluding carboxylic acids is 1. The van der Waals surface area contributed by atoms with Gasteiger partial charge in [-0.2, -0.15) is 5.26 Å². The first-order valence-electron chi connectivity index (χ1n) is 12.0. The van der Waals surface area contributed by atoms with Crippen molar-refractivity contribution in [2.45, 2.75) is 27.4 Å². The molecule has 0 aliphatic heterocycles. The summed E-state index contributed by atoms with van der Waals surface area (Å²) in [5, 5.41) is 14.8. The van der Waals surface area contributed by atoms with E-state index in [0.29, 0.717) is 40.4 Å². The Bertz CT molecular complexity index is 1540. The van der Waals surface area contributed by atoms with Crippen LogP contribution in [0.3, 0.4) is 0 Å². The van der Waals surface area contributed by atoms with Crippen LogP contribution >= 0.6 is 15.9 Å². The predicted octanol–water partition coefficient (Wildman–Crippen LogP) is 7.74. The molecule has 0 aromatic heterocycles. The monoisotopic (exact) mass is 554 g/mol. The molecule has 0 unspecified atom stereocenters. The normalized spacial score (nSPS) is 11.2. The van der Waals surface area contributed by atoms with Gasteiger partial charge in [0.25, 0.3) is 5.91 Å². The molecule has 0 aliphatic rings. The van der Waals surface area contributed by atoms with E-state index in [-0.39, 0.29) is 5.57 Å². The van der Waals surface area contributed by atoms with Gasteiger partial charge in [0.1, 0.15) is 18.2 Å². The molecule has 4 rings (SSSR count). The lowest BCUT2D eigenvalue weighted by atomic mass is 10.0. The molecule has 0 radical (unpaired) electrons. The van der Waals surface area contributed by atoms with Crippen LogP contribution in [0.1, 0.15) is 29.2 Å². The van der Waals surface area contributed by atoms with Crippen LogP contribution in [0.25, 0.3) is 16.8 Å². The molecule has 0 atom stereocenters. The second-order valence-corrected chi connectivity index (χ2v) is 9.43. The van der Waals surface area contributed by atoms with Gasteiger partial charge >= 0.3 is 0 Å². The van der Waals surface area contributed by atoms with E-state index < -0.39 is 5.91 Å². The molecule has 0 aliphatic carbocycles. The lowest BCUT2D eigenvalue weighted by Gasteiger charge is -2.17. The number of nitriles is 1. The first-order chi connectivity index (χ1) is 17.9. The lowest BCUT2D eigenvalue weighted by molar-refractivity contribution is -0.112. The van der Waals surface area contributed by atoms with Crippen molar-refractivity contribution in [2.75, 3.05) is 11.9 Å². The molecule has 4 aromatic rings. The van der Waals surface area contributed by atoms with Gasteiger partial charge in [0, 0.05) is 11.3 Å². The number of nitrogens with zero attached hydrogens (tertiary/aromatic N) is 1. The van der Waals surface area contributed by atoms with Gasteiger partial charge in [-0.1, -0.05) is 54.6 Å². The Morgan fingerprint density at radius 2 is 1.76 bits per heavy atom. The van der Waals surface area contributed by atoms with Crippen LogP contribution in [0.4, 0.5) is 5.69 Å². The highest BCUT2D eigenvalue weighted by molar-refractivity contribution is 9.10. The number of nitrogens with one attached hydrogen (secondary N) is 1. The number of amides is 1. The Labute approximate surface area is 225 Å². The highest BCUT2D eigenvalue weighted by Crippen LogP contribution is 2.38. The van der Waals surface area contributed by atoms with Gasteiger partial charge in [-0.15, -0.1) is 0 Å². The third-order valence-corrected chi connectivity index (χ3v) is 6.63. The number of para-hydroxylation sites is 1. The van der Waals surface area contributed by atoms with E-state index in [1.165, 1.54) is 0 Å². The Balaban J connectivity index is 1.62. The molecule has 6 heteroatoms. The van der Waals surface area contributed by atoms with Crippen LogP contribution in [-0.2, 0) is 11.4 Å². The van der Waals surface area contributed by atoms with Crippen molar-refractivity contribution in [1.29, 1.82) is 5.26 Å². The first-order valence-corrected chi connectivity index (χ1v) is 12.8. The molecule has 0 heterocycles. The molecule has 0 spiro atoms. The van der Waals surface area contributed by atoms with E-state index in [1.807, 2.05) is 56.3 Å². The maximum atomic E-state index is 12.8. The number of hydrogen-bond acceptors (Lipinski definition) is 4. The lowest BCUT2D eigenvalue weighted by Crippen LogP contribution is -2.14. The largest absolute Gasteiger partial charge is 0.490 e. The maximum absolute atomic E-state index is 12.8. The standard InChI is InChI=1S/C31H27BrN2O3/c1-4-36-29-17-22(15-24(18-33)31(35)34-28-12-8-5-9-21(28)3)16-27(32)30(29)37-19-26-20(2)13-14-23-10-6-7-11-25(23)26/h5-17H,4,19H2,1-3H3,(H,34,35)/b24-15+. The summed E-state index contributed by atoms with van der Waals surface area (Å²) in [7, 11) is 0. The van der Waals surface area contributed by atoms with E-state index in [0.717, 1.165) is 27.5 Å². The van der Waals surface area contributed by atoms with Crippen LogP contribution in [0.15, 0.2) is 82.8 Å². The van der Waals surface area contributed by atoms with Gasteiger partial charge in [0.2, 0.25) is 0 Å². The minimum Gasteiger partial charge on any atom is -0.490 e. The van der Waals surface area contributed by atoms with Crippen molar-refractivity contribution in [3.8, 4) is 17.6 Å². The molecule has 0 saturated carbocycles. The maximum Gasteiger partial charge on any atom is 0.266 e. The quantitative estimate of drug-likeness (QED) is 0.178. The summed E-state index contributed by atoms with van der Waals surface area (Å²) in [6, 6.07) is 25.5. The van der Waals surface area contributed by atoms with E-state index in [1.54, 1.807) is 18.2 Å². The summed E-state index contributed by atoms with van der Waals surface area (Å²) in [4.78, 5) is 12.8. The average Bonchev–Trinajstić information content (AvgIpc) is 2.89. The zero-order chi connectivity index (χ0) is 26.4. The summed E-state index contributed by atoms with van der Waals surface area (Å²) in [6.45, 7) is 6.66. The predicted molar refractivity (Wildman–Crippen MR) is 152 cm³/mol. The van der Waals surface area contributed by atoms with Crippen molar-refractivity contribution < 1.29 is 14.3 Å². The van der Waals surface area contributed by atoms with Crippen LogP contribution in [0, 0.1) is 25.2 Å². The number of fused-ring (bicyclic) bond motifs is 1. The van der Waals surface area contributed by atoms with Crippen molar-refractivity contribution in [3.63, 3.8) is 0 Å². The minimum atomic E-state index is -0.474. The fourth-order valence-electron chi connectivity index (χ4n) is 4.07. The van der Waals surface area contributed by atoms with Gasteiger partial charge in [0.15, 0.2) is 11.5 Å². The first kappa shape index (κ1) is 26.0. The summed E-state index contributed by atoms with van der Waals surface area (Å²) in [5.41, 5.74) is 4.45. The highest BCUT2D eigenvalue weighted by atomic mass is 79.9. The highest BCUT2D eigenvalue weighted by Gasteiger charge is 2.16. The molecule has 5 nitrogen and oxygen atoms in total. The van der Waals surface area contributed by atoms with Gasteiger partial charge < -0.3 is 14.8 Å². The van der Waals surface area contributed by atoms with Crippen molar-refractivity contribution >= 4 is 44.4 Å². The number of rotatable bonds is 8.